The SMILES string of the molecule is O=C(c1nc(-c2ccccc2)nc2ccccc12)[N+]1(CCO)CCCCC1. The molecule has 1 aliphatic heterocycles. The van der Waals surface area contributed by atoms with Gasteiger partial charge in [0, 0.05) is 10.9 Å². The first-order valence-electron chi connectivity index (χ1n) is 9.58. The van der Waals surface area contributed by atoms with Gasteiger partial charge in [0.15, 0.2) is 11.5 Å². The zero-order valence-electron chi connectivity index (χ0n) is 15.3. The molecule has 0 bridgehead atoms. The number of fused-ring (bicyclic) bond motifs is 1. The van der Waals surface area contributed by atoms with Gasteiger partial charge in [-0.15, -0.1) is 0 Å². The molecule has 0 aliphatic carbocycles. The Hall–Kier alpha value is -2.63. The molecule has 0 radical (unpaired) electrons. The second-order valence-corrected chi connectivity index (χ2v) is 7.18. The van der Waals surface area contributed by atoms with E-state index in [9.17, 15) is 9.90 Å². The van der Waals surface area contributed by atoms with Crippen LogP contribution in [0.4, 0.5) is 0 Å². The summed E-state index contributed by atoms with van der Waals surface area (Å²) in [5.41, 5.74) is 2.13. The monoisotopic (exact) mass is 362 g/mol. The van der Waals surface area contributed by atoms with Gasteiger partial charge >= 0.3 is 5.91 Å². The van der Waals surface area contributed by atoms with Crippen LogP contribution < -0.4 is 0 Å². The fourth-order valence-corrected chi connectivity index (χ4v) is 4.02. The van der Waals surface area contributed by atoms with Crippen molar-refractivity contribution in [2.45, 2.75) is 19.3 Å². The summed E-state index contributed by atoms with van der Waals surface area (Å²) in [5, 5.41) is 10.4. The zero-order valence-corrected chi connectivity index (χ0v) is 15.3. The highest BCUT2D eigenvalue weighted by Crippen LogP contribution is 2.27. The Morgan fingerprint density at radius 1 is 0.926 bits per heavy atom. The number of aliphatic hydroxyl groups is 1. The molecule has 0 saturated carbocycles. The number of amides is 1. The number of aromatic nitrogens is 2. The fourth-order valence-electron chi connectivity index (χ4n) is 4.02. The van der Waals surface area contributed by atoms with Crippen LogP contribution in [-0.2, 0) is 0 Å². The van der Waals surface area contributed by atoms with Crippen molar-refractivity contribution in [1.29, 1.82) is 0 Å². The van der Waals surface area contributed by atoms with Gasteiger partial charge in [0.05, 0.1) is 25.2 Å². The van der Waals surface area contributed by atoms with Crippen molar-refractivity contribution in [3.8, 4) is 11.4 Å². The summed E-state index contributed by atoms with van der Waals surface area (Å²) in [6.45, 7) is 1.97. The van der Waals surface area contributed by atoms with Crippen molar-refractivity contribution in [2.75, 3.05) is 26.2 Å². The second-order valence-electron chi connectivity index (χ2n) is 7.18. The van der Waals surface area contributed by atoms with Crippen molar-refractivity contribution in [3.63, 3.8) is 0 Å². The van der Waals surface area contributed by atoms with Crippen LogP contribution in [-0.4, -0.2) is 51.7 Å². The molecule has 0 atom stereocenters. The lowest BCUT2D eigenvalue weighted by Gasteiger charge is -2.38. The molecule has 4 rings (SSSR count). The lowest BCUT2D eigenvalue weighted by atomic mass is 10.0. The van der Waals surface area contributed by atoms with Gasteiger partial charge in [-0.05, 0) is 25.3 Å². The van der Waals surface area contributed by atoms with Gasteiger partial charge < -0.3 is 5.11 Å². The average molecular weight is 362 g/mol. The maximum atomic E-state index is 13.7. The van der Waals surface area contributed by atoms with Crippen LogP contribution in [0.3, 0.4) is 0 Å². The molecule has 1 amide bonds. The van der Waals surface area contributed by atoms with Crippen molar-refractivity contribution >= 4 is 16.8 Å². The van der Waals surface area contributed by atoms with Crippen molar-refractivity contribution in [1.82, 2.24) is 9.97 Å². The third-order valence-corrected chi connectivity index (χ3v) is 5.47. The predicted molar refractivity (Wildman–Crippen MR) is 105 cm³/mol. The quantitative estimate of drug-likeness (QED) is 0.722. The van der Waals surface area contributed by atoms with Crippen LogP contribution in [0.25, 0.3) is 22.3 Å². The maximum absolute atomic E-state index is 13.7. The minimum Gasteiger partial charge on any atom is -0.390 e. The van der Waals surface area contributed by atoms with E-state index in [0.29, 0.717) is 18.1 Å². The van der Waals surface area contributed by atoms with Crippen LogP contribution in [0, 0.1) is 0 Å². The van der Waals surface area contributed by atoms with Gasteiger partial charge in [0.25, 0.3) is 0 Å². The minimum absolute atomic E-state index is 0.000296. The number of carbonyl (C=O) groups is 1. The van der Waals surface area contributed by atoms with Crippen LogP contribution in [0.5, 0.6) is 0 Å². The van der Waals surface area contributed by atoms with E-state index in [1.54, 1.807) is 0 Å². The summed E-state index contributed by atoms with van der Waals surface area (Å²) in [5.74, 6) is 0.566. The molecule has 2 aromatic carbocycles. The number of rotatable bonds is 4. The number of hydrogen-bond acceptors (Lipinski definition) is 4. The van der Waals surface area contributed by atoms with Crippen molar-refractivity contribution < 1.29 is 14.4 Å². The third kappa shape index (κ3) is 3.36. The minimum atomic E-state index is -0.000434. The maximum Gasteiger partial charge on any atom is 0.365 e. The highest BCUT2D eigenvalue weighted by atomic mass is 16.3. The van der Waals surface area contributed by atoms with E-state index in [1.165, 1.54) is 0 Å². The number of quaternary nitrogens is 1. The Labute approximate surface area is 158 Å². The Kier molecular flexibility index (Phi) is 4.97. The van der Waals surface area contributed by atoms with Gasteiger partial charge in [-0.2, -0.15) is 0 Å². The van der Waals surface area contributed by atoms with Gasteiger partial charge in [0.1, 0.15) is 6.54 Å². The van der Waals surface area contributed by atoms with E-state index in [0.717, 1.165) is 48.8 Å². The lowest BCUT2D eigenvalue weighted by Crippen LogP contribution is -2.57. The molecule has 0 spiro atoms. The first kappa shape index (κ1) is 17.8. The van der Waals surface area contributed by atoms with Gasteiger partial charge in [-0.25, -0.2) is 14.8 Å². The average Bonchev–Trinajstić information content (AvgIpc) is 2.74. The smallest absolute Gasteiger partial charge is 0.365 e. The molecule has 1 saturated heterocycles. The molecule has 0 unspecified atom stereocenters. The number of hydrogen-bond donors (Lipinski definition) is 1. The Morgan fingerprint density at radius 3 is 2.37 bits per heavy atom. The molecule has 5 nitrogen and oxygen atoms in total. The molecule has 27 heavy (non-hydrogen) atoms. The van der Waals surface area contributed by atoms with E-state index in [1.807, 2.05) is 54.6 Å². The van der Waals surface area contributed by atoms with Crippen LogP contribution in [0.15, 0.2) is 54.6 Å². The summed E-state index contributed by atoms with van der Waals surface area (Å²) < 4.78 is 0.283. The second kappa shape index (κ2) is 7.55. The summed E-state index contributed by atoms with van der Waals surface area (Å²) in [4.78, 5) is 23.1. The highest BCUT2D eigenvalue weighted by Gasteiger charge is 2.40. The first-order valence-corrected chi connectivity index (χ1v) is 9.58. The lowest BCUT2D eigenvalue weighted by molar-refractivity contribution is -0.854. The molecule has 138 valence electrons. The summed E-state index contributed by atoms with van der Waals surface area (Å²) in [6.07, 6.45) is 3.14. The Balaban J connectivity index is 1.88. The summed E-state index contributed by atoms with van der Waals surface area (Å²) in [7, 11) is 0. The number of piperidine rings is 1. The van der Waals surface area contributed by atoms with E-state index < -0.39 is 0 Å². The van der Waals surface area contributed by atoms with Crippen LogP contribution in [0.1, 0.15) is 29.8 Å². The third-order valence-electron chi connectivity index (χ3n) is 5.47. The van der Waals surface area contributed by atoms with E-state index in [4.69, 9.17) is 4.98 Å². The topological polar surface area (TPSA) is 63.1 Å². The molecule has 3 aromatic rings. The number of aliphatic hydroxyl groups excluding tert-OH is 1. The van der Waals surface area contributed by atoms with E-state index in [-0.39, 0.29) is 17.0 Å². The number of likely N-dealkylation sites (tertiary alicyclic amines) is 1. The van der Waals surface area contributed by atoms with Gasteiger partial charge in [0.2, 0.25) is 0 Å². The number of carbonyl (C=O) groups excluding carboxylic acids is 1. The summed E-state index contributed by atoms with van der Waals surface area (Å²) in [6, 6.07) is 17.4. The van der Waals surface area contributed by atoms with Gasteiger partial charge in [-0.3, -0.25) is 4.48 Å². The predicted octanol–water partition coefficient (Wildman–Crippen LogP) is 3.43. The molecular formula is C22H24N3O2+. The number of benzene rings is 2. The van der Waals surface area contributed by atoms with Crippen LogP contribution >= 0.6 is 0 Å². The molecule has 1 aliphatic rings. The zero-order chi connectivity index (χ0) is 18.7. The molecule has 5 heteroatoms. The van der Waals surface area contributed by atoms with Crippen molar-refractivity contribution in [2.24, 2.45) is 0 Å². The van der Waals surface area contributed by atoms with Gasteiger partial charge in [-0.1, -0.05) is 48.5 Å². The fraction of sp³-hybridized carbons (Fsp3) is 0.318. The molecule has 2 heterocycles. The first-order chi connectivity index (χ1) is 13.2. The van der Waals surface area contributed by atoms with Crippen molar-refractivity contribution in [3.05, 3.63) is 60.3 Å². The molecule has 1 aromatic heterocycles. The largest absolute Gasteiger partial charge is 0.390 e. The molecule has 1 N–H and O–H groups in total. The molecule has 1 fully saturated rings. The highest BCUT2D eigenvalue weighted by molar-refractivity contribution is 6.01. The summed E-state index contributed by atoms with van der Waals surface area (Å²) >= 11 is 0. The standard InChI is InChI=1S/C22H24N3O2/c26-16-15-25(13-7-2-8-14-25)22(27)20-18-11-5-6-12-19(18)23-21(24-20)17-9-3-1-4-10-17/h1,3-6,9-12,26H,2,7-8,13-16H2/q+1. The Bertz CT molecular complexity index is 945. The number of para-hydroxylation sites is 1. The van der Waals surface area contributed by atoms with E-state index >= 15 is 0 Å². The van der Waals surface area contributed by atoms with Crippen LogP contribution in [0.2, 0.25) is 0 Å². The Morgan fingerprint density at radius 2 is 1.63 bits per heavy atom. The van der Waals surface area contributed by atoms with E-state index in [2.05, 4.69) is 4.98 Å². The number of nitrogens with zero attached hydrogens (tertiary/aromatic N) is 3. The molecular weight excluding hydrogens is 338 g/mol. The normalized spacial score (nSPS) is 16.3.